The first-order valence-electron chi connectivity index (χ1n) is 8.49. The van der Waals surface area contributed by atoms with Crippen LogP contribution < -0.4 is 10.1 Å². The Kier molecular flexibility index (Phi) is 4.56. The van der Waals surface area contributed by atoms with Gasteiger partial charge in [0, 0.05) is 62.1 Å². The van der Waals surface area contributed by atoms with E-state index in [1.807, 2.05) is 22.9 Å². The molecule has 1 saturated heterocycles. The first-order chi connectivity index (χ1) is 12.6. The molecule has 1 aliphatic heterocycles. The van der Waals surface area contributed by atoms with E-state index in [1.165, 1.54) is 18.3 Å². The van der Waals surface area contributed by atoms with Gasteiger partial charge in [-0.05, 0) is 13.0 Å². The lowest BCUT2D eigenvalue weighted by Crippen LogP contribution is -2.28. The number of thiazole rings is 1. The van der Waals surface area contributed by atoms with Crippen LogP contribution in [0.25, 0.3) is 5.65 Å². The first kappa shape index (κ1) is 16.9. The van der Waals surface area contributed by atoms with Gasteiger partial charge in [-0.15, -0.1) is 11.3 Å². The Bertz CT molecular complexity index is 923. The van der Waals surface area contributed by atoms with Crippen molar-refractivity contribution < 1.29 is 9.53 Å². The van der Waals surface area contributed by atoms with Crippen LogP contribution in [0.5, 0.6) is 6.01 Å². The van der Waals surface area contributed by atoms with Crippen molar-refractivity contribution in [2.45, 2.75) is 39.0 Å². The predicted molar refractivity (Wildman–Crippen MR) is 98.3 cm³/mol. The van der Waals surface area contributed by atoms with E-state index in [1.54, 1.807) is 12.4 Å². The van der Waals surface area contributed by atoms with Crippen LogP contribution in [0.4, 0.5) is 5.13 Å². The van der Waals surface area contributed by atoms with Crippen molar-refractivity contribution in [1.29, 1.82) is 0 Å². The minimum Gasteiger partial charge on any atom is -0.460 e. The number of carbonyl (C=O) groups excluding carboxylic acids is 1. The van der Waals surface area contributed by atoms with Crippen molar-refractivity contribution in [2.75, 3.05) is 11.9 Å². The Balaban J connectivity index is 1.40. The summed E-state index contributed by atoms with van der Waals surface area (Å²) in [5, 5.41) is 3.37. The summed E-state index contributed by atoms with van der Waals surface area (Å²) in [7, 11) is 0. The minimum atomic E-state index is -0.102. The third-order valence-electron chi connectivity index (χ3n) is 4.42. The van der Waals surface area contributed by atoms with E-state index in [9.17, 15) is 4.79 Å². The number of rotatable bonds is 5. The van der Waals surface area contributed by atoms with E-state index in [2.05, 4.69) is 32.1 Å². The molecule has 136 valence electrons. The maximum Gasteiger partial charge on any atom is 0.302 e. The zero-order chi connectivity index (χ0) is 18.1. The van der Waals surface area contributed by atoms with Gasteiger partial charge in [0.15, 0.2) is 5.13 Å². The molecule has 4 rings (SSSR count). The molecule has 3 aromatic rings. The lowest BCUT2D eigenvalue weighted by molar-refractivity contribution is -0.114. The van der Waals surface area contributed by atoms with Gasteiger partial charge in [-0.3, -0.25) is 14.1 Å². The molecule has 1 fully saturated rings. The molecule has 0 bridgehead atoms. The minimum absolute atomic E-state index is 0.0771. The molecular weight excluding hydrogens is 352 g/mol. The highest BCUT2D eigenvalue weighted by Gasteiger charge is 2.31. The summed E-state index contributed by atoms with van der Waals surface area (Å²) < 4.78 is 8.00. The average Bonchev–Trinajstić information content (AvgIpc) is 3.29. The molecule has 26 heavy (non-hydrogen) atoms. The second-order valence-electron chi connectivity index (χ2n) is 6.45. The summed E-state index contributed by atoms with van der Waals surface area (Å²) in [4.78, 5) is 27.5. The van der Waals surface area contributed by atoms with Gasteiger partial charge < -0.3 is 10.1 Å². The number of imidazole rings is 1. The number of anilines is 1. The SMILES string of the molecule is CC(=O)Nc1ncc(CN2CC(Oc3nccc4nccn34)CC2C)s1. The van der Waals surface area contributed by atoms with Crippen molar-refractivity contribution in [3.8, 4) is 6.01 Å². The lowest BCUT2D eigenvalue weighted by atomic mass is 10.2. The summed E-state index contributed by atoms with van der Waals surface area (Å²) in [5.74, 6) is -0.102. The number of hydrogen-bond donors (Lipinski definition) is 1. The quantitative estimate of drug-likeness (QED) is 0.739. The first-order valence-corrected chi connectivity index (χ1v) is 9.31. The highest BCUT2D eigenvalue weighted by atomic mass is 32.1. The fourth-order valence-electron chi connectivity index (χ4n) is 3.21. The van der Waals surface area contributed by atoms with Gasteiger partial charge in [0.25, 0.3) is 0 Å². The number of carbonyl (C=O) groups is 1. The standard InChI is InChI=1S/C17H20N6O2S/c1-11-7-13(25-17-19-4-3-15-18-5-6-23(15)17)9-22(11)10-14-8-20-16(26-14)21-12(2)24/h3-6,8,11,13H,7,9-10H2,1-2H3,(H,20,21,24). The zero-order valence-electron chi connectivity index (χ0n) is 14.6. The van der Waals surface area contributed by atoms with Crippen molar-refractivity contribution in [1.82, 2.24) is 24.3 Å². The van der Waals surface area contributed by atoms with Gasteiger partial charge in [0.05, 0.1) is 0 Å². The Morgan fingerprint density at radius 1 is 1.38 bits per heavy atom. The van der Waals surface area contributed by atoms with E-state index >= 15 is 0 Å². The molecule has 0 saturated carbocycles. The Morgan fingerprint density at radius 2 is 2.27 bits per heavy atom. The number of fused-ring (bicyclic) bond motifs is 1. The molecule has 8 nitrogen and oxygen atoms in total. The van der Waals surface area contributed by atoms with Crippen molar-refractivity contribution in [2.24, 2.45) is 0 Å². The average molecular weight is 372 g/mol. The highest BCUT2D eigenvalue weighted by molar-refractivity contribution is 7.15. The second kappa shape index (κ2) is 7.00. The highest BCUT2D eigenvalue weighted by Crippen LogP contribution is 2.26. The Morgan fingerprint density at radius 3 is 3.12 bits per heavy atom. The number of ether oxygens (including phenoxy) is 1. The predicted octanol–water partition coefficient (Wildman–Crippen LogP) is 2.19. The normalized spacial score (nSPS) is 20.5. The zero-order valence-corrected chi connectivity index (χ0v) is 15.4. The van der Waals surface area contributed by atoms with Gasteiger partial charge in [0.2, 0.25) is 5.91 Å². The van der Waals surface area contributed by atoms with Crippen LogP contribution in [-0.4, -0.2) is 48.9 Å². The van der Waals surface area contributed by atoms with Crippen LogP contribution >= 0.6 is 11.3 Å². The van der Waals surface area contributed by atoms with Crippen LogP contribution in [0.2, 0.25) is 0 Å². The van der Waals surface area contributed by atoms with Crippen LogP contribution in [0, 0.1) is 0 Å². The molecule has 1 aliphatic rings. The van der Waals surface area contributed by atoms with E-state index in [0.717, 1.165) is 30.0 Å². The number of nitrogens with zero attached hydrogens (tertiary/aromatic N) is 5. The van der Waals surface area contributed by atoms with Crippen LogP contribution in [-0.2, 0) is 11.3 Å². The van der Waals surface area contributed by atoms with Crippen molar-refractivity contribution in [3.05, 3.63) is 35.7 Å². The Labute approximate surface area is 154 Å². The van der Waals surface area contributed by atoms with Gasteiger partial charge in [-0.1, -0.05) is 0 Å². The number of aromatic nitrogens is 4. The summed E-state index contributed by atoms with van der Waals surface area (Å²) in [6, 6.07) is 2.82. The smallest absolute Gasteiger partial charge is 0.302 e. The fourth-order valence-corrected chi connectivity index (χ4v) is 4.09. The molecule has 2 atom stereocenters. The van der Waals surface area contributed by atoms with Gasteiger partial charge in [0.1, 0.15) is 11.8 Å². The van der Waals surface area contributed by atoms with Gasteiger partial charge >= 0.3 is 6.01 Å². The third-order valence-corrected chi connectivity index (χ3v) is 5.31. The summed E-state index contributed by atoms with van der Waals surface area (Å²) in [6.07, 6.45) is 8.15. The van der Waals surface area contributed by atoms with Crippen LogP contribution in [0.3, 0.4) is 0 Å². The number of amides is 1. The van der Waals surface area contributed by atoms with E-state index in [0.29, 0.717) is 17.2 Å². The second-order valence-corrected chi connectivity index (χ2v) is 7.56. The number of likely N-dealkylation sites (tertiary alicyclic amines) is 1. The molecule has 1 N–H and O–H groups in total. The molecule has 4 heterocycles. The van der Waals surface area contributed by atoms with E-state index in [-0.39, 0.29) is 12.0 Å². The molecule has 0 aromatic carbocycles. The molecular formula is C17H20N6O2S. The summed E-state index contributed by atoms with van der Waals surface area (Å²) in [5.41, 5.74) is 0.827. The monoisotopic (exact) mass is 372 g/mol. The molecule has 0 spiro atoms. The van der Waals surface area contributed by atoms with Crippen LogP contribution in [0.15, 0.2) is 30.9 Å². The molecule has 9 heteroatoms. The lowest BCUT2D eigenvalue weighted by Gasteiger charge is -2.19. The van der Waals surface area contributed by atoms with Gasteiger partial charge in [-0.2, -0.15) is 0 Å². The van der Waals surface area contributed by atoms with Crippen molar-refractivity contribution in [3.63, 3.8) is 0 Å². The van der Waals surface area contributed by atoms with E-state index < -0.39 is 0 Å². The summed E-state index contributed by atoms with van der Waals surface area (Å²) >= 11 is 1.51. The largest absolute Gasteiger partial charge is 0.460 e. The van der Waals surface area contributed by atoms with Gasteiger partial charge in [-0.25, -0.2) is 15.0 Å². The molecule has 0 aliphatic carbocycles. The van der Waals surface area contributed by atoms with E-state index in [4.69, 9.17) is 4.74 Å². The number of hydrogen-bond acceptors (Lipinski definition) is 7. The molecule has 2 unspecified atom stereocenters. The Hall–Kier alpha value is -2.52. The summed E-state index contributed by atoms with van der Waals surface area (Å²) in [6.45, 7) is 5.30. The molecule has 3 aromatic heterocycles. The molecule has 1 amide bonds. The topological polar surface area (TPSA) is 84.7 Å². The van der Waals surface area contributed by atoms with Crippen molar-refractivity contribution >= 4 is 28.0 Å². The third kappa shape index (κ3) is 3.54. The maximum atomic E-state index is 11.1. The van der Waals surface area contributed by atoms with Crippen LogP contribution in [0.1, 0.15) is 25.1 Å². The number of nitrogens with one attached hydrogen (secondary N) is 1. The molecule has 0 radical (unpaired) electrons. The maximum absolute atomic E-state index is 11.1. The fraction of sp³-hybridized carbons (Fsp3) is 0.412.